The van der Waals surface area contributed by atoms with Crippen molar-refractivity contribution in [1.82, 2.24) is 14.3 Å². The van der Waals surface area contributed by atoms with Gasteiger partial charge in [-0.2, -0.15) is 9.29 Å². The second-order valence-electron chi connectivity index (χ2n) is 7.83. The van der Waals surface area contributed by atoms with Crippen molar-refractivity contribution >= 4 is 33.6 Å². The molecule has 166 valence electrons. The maximum absolute atomic E-state index is 12.7. The number of sulfonamides is 1. The summed E-state index contributed by atoms with van der Waals surface area (Å²) in [5.74, 6) is 1.33. The van der Waals surface area contributed by atoms with Crippen LogP contribution in [-0.2, 0) is 10.0 Å². The number of anilines is 3. The van der Waals surface area contributed by atoms with E-state index in [1.165, 1.54) is 15.3 Å². The lowest BCUT2D eigenvalue weighted by Crippen LogP contribution is -2.48. The van der Waals surface area contributed by atoms with Crippen LogP contribution in [0.2, 0.25) is 0 Å². The Labute approximate surface area is 189 Å². The number of hydrogen-bond acceptors (Lipinski definition) is 6. The minimum absolute atomic E-state index is 0.388. The summed E-state index contributed by atoms with van der Waals surface area (Å²) in [5, 5.41) is 4.61. The number of nitrogens with one attached hydrogen (secondary N) is 1. The molecule has 0 amide bonds. The molecule has 4 rings (SSSR count). The highest BCUT2D eigenvalue weighted by Crippen LogP contribution is 2.21. The molecule has 0 atom stereocenters. The second-order valence-corrected chi connectivity index (χ2v) is 9.65. The highest BCUT2D eigenvalue weighted by atomic mass is 32.2. The summed E-state index contributed by atoms with van der Waals surface area (Å²) in [6.45, 7) is 5.82. The van der Waals surface area contributed by atoms with Crippen LogP contribution in [0.3, 0.4) is 0 Å². The van der Waals surface area contributed by atoms with Gasteiger partial charge >= 0.3 is 0 Å². The fourth-order valence-corrected chi connectivity index (χ4v) is 4.67. The van der Waals surface area contributed by atoms with Crippen molar-refractivity contribution in [2.24, 2.45) is 0 Å². The van der Waals surface area contributed by atoms with Crippen LogP contribution in [0.15, 0.2) is 66.1 Å². The molecule has 8 heteroatoms. The van der Waals surface area contributed by atoms with Crippen LogP contribution >= 0.6 is 0 Å². The Morgan fingerprint density at radius 2 is 1.59 bits per heavy atom. The molecule has 0 aliphatic carbocycles. The zero-order chi connectivity index (χ0) is 22.6. The first-order valence-corrected chi connectivity index (χ1v) is 12.1. The lowest BCUT2D eigenvalue weighted by atomic mass is 10.2. The molecule has 0 spiro atoms. The molecule has 1 fully saturated rings. The van der Waals surface area contributed by atoms with E-state index in [1.54, 1.807) is 6.08 Å². The molecule has 1 saturated heterocycles. The summed E-state index contributed by atoms with van der Waals surface area (Å²) in [6, 6.07) is 19.4. The molecular weight excluding hydrogens is 422 g/mol. The van der Waals surface area contributed by atoms with E-state index in [4.69, 9.17) is 0 Å². The molecule has 3 aromatic rings. The molecule has 0 unspecified atom stereocenters. The Kier molecular flexibility index (Phi) is 6.53. The van der Waals surface area contributed by atoms with Gasteiger partial charge in [-0.25, -0.2) is 13.4 Å². The third kappa shape index (κ3) is 5.52. The van der Waals surface area contributed by atoms with Crippen LogP contribution in [0.5, 0.6) is 0 Å². The lowest BCUT2D eigenvalue weighted by molar-refractivity contribution is 0.387. The number of aryl methyl sites for hydroxylation is 2. The molecule has 0 bridgehead atoms. The molecule has 2 aromatic carbocycles. The number of benzene rings is 2. The molecule has 1 aliphatic rings. The number of piperazine rings is 1. The number of rotatable bonds is 6. The Morgan fingerprint density at radius 3 is 2.28 bits per heavy atom. The molecular formula is C24H27N5O2S. The summed E-state index contributed by atoms with van der Waals surface area (Å²) in [6.07, 6.45) is 1.63. The van der Waals surface area contributed by atoms with E-state index in [0.29, 0.717) is 32.1 Å². The van der Waals surface area contributed by atoms with E-state index in [0.717, 1.165) is 22.8 Å². The second kappa shape index (κ2) is 9.50. The highest BCUT2D eigenvalue weighted by Gasteiger charge is 2.26. The molecule has 32 heavy (non-hydrogen) atoms. The topological polar surface area (TPSA) is 78.4 Å². The molecule has 1 N–H and O–H groups in total. The molecule has 1 aromatic heterocycles. The van der Waals surface area contributed by atoms with E-state index >= 15 is 0 Å². The summed E-state index contributed by atoms with van der Waals surface area (Å²) in [4.78, 5) is 11.3. The average Bonchev–Trinajstić information content (AvgIpc) is 2.80. The number of nitrogens with zero attached hydrogens (tertiary/aromatic N) is 4. The minimum atomic E-state index is -3.47. The maximum atomic E-state index is 12.7. The Morgan fingerprint density at radius 1 is 0.906 bits per heavy atom. The monoisotopic (exact) mass is 449 g/mol. The van der Waals surface area contributed by atoms with E-state index < -0.39 is 10.0 Å². The van der Waals surface area contributed by atoms with Gasteiger partial charge in [-0.3, -0.25) is 0 Å². The van der Waals surface area contributed by atoms with Crippen LogP contribution in [0, 0.1) is 13.8 Å². The van der Waals surface area contributed by atoms with Crippen molar-refractivity contribution in [3.05, 3.63) is 82.9 Å². The maximum Gasteiger partial charge on any atom is 0.236 e. The lowest BCUT2D eigenvalue weighted by Gasteiger charge is -2.33. The van der Waals surface area contributed by atoms with Crippen LogP contribution in [0.25, 0.3) is 6.08 Å². The molecule has 0 saturated carbocycles. The molecule has 7 nitrogen and oxygen atoms in total. The quantitative estimate of drug-likeness (QED) is 0.614. The summed E-state index contributed by atoms with van der Waals surface area (Å²) in [5.41, 5.74) is 3.87. The van der Waals surface area contributed by atoms with Crippen molar-refractivity contribution in [3.8, 4) is 0 Å². The fourth-order valence-electron chi connectivity index (χ4n) is 3.50. The minimum Gasteiger partial charge on any atom is -0.340 e. The molecule has 0 radical (unpaired) electrons. The van der Waals surface area contributed by atoms with E-state index in [9.17, 15) is 8.42 Å². The predicted molar refractivity (Wildman–Crippen MR) is 129 cm³/mol. The van der Waals surface area contributed by atoms with Crippen molar-refractivity contribution in [2.75, 3.05) is 36.4 Å². The largest absolute Gasteiger partial charge is 0.340 e. The third-order valence-corrected chi connectivity index (χ3v) is 6.84. The zero-order valence-corrected chi connectivity index (χ0v) is 19.1. The Bertz CT molecular complexity index is 1190. The van der Waals surface area contributed by atoms with Gasteiger partial charge in [0.05, 0.1) is 0 Å². The first kappa shape index (κ1) is 22.0. The van der Waals surface area contributed by atoms with Gasteiger partial charge in [0, 0.05) is 49.0 Å². The van der Waals surface area contributed by atoms with Gasteiger partial charge < -0.3 is 10.2 Å². The van der Waals surface area contributed by atoms with E-state index in [-0.39, 0.29) is 0 Å². The summed E-state index contributed by atoms with van der Waals surface area (Å²) < 4.78 is 26.9. The van der Waals surface area contributed by atoms with Gasteiger partial charge in [0.1, 0.15) is 5.82 Å². The van der Waals surface area contributed by atoms with Gasteiger partial charge in [0.15, 0.2) is 0 Å². The van der Waals surface area contributed by atoms with Gasteiger partial charge in [-0.1, -0.05) is 48.0 Å². The zero-order valence-electron chi connectivity index (χ0n) is 18.3. The number of hydrogen-bond donors (Lipinski definition) is 1. The average molecular weight is 450 g/mol. The van der Waals surface area contributed by atoms with Gasteiger partial charge in [0.2, 0.25) is 16.0 Å². The van der Waals surface area contributed by atoms with Crippen molar-refractivity contribution in [3.63, 3.8) is 0 Å². The SMILES string of the molecule is Cc1ccc(Nc2cc(C)nc(N3CCN(S(=O)(=O)/C=C/c4ccccc4)CC3)n2)cc1. The standard InChI is InChI=1S/C24H27N5O2S/c1-19-8-10-22(11-9-19)26-23-18-20(2)25-24(27-23)28-13-15-29(16-14-28)32(30,31)17-12-21-6-4-3-5-7-21/h3-12,17-18H,13-16H2,1-2H3,(H,25,26,27)/b17-12+. The van der Waals surface area contributed by atoms with E-state index in [2.05, 4.69) is 15.3 Å². The normalized spacial score (nSPS) is 15.2. The van der Waals surface area contributed by atoms with Crippen molar-refractivity contribution < 1.29 is 8.42 Å². The fraction of sp³-hybridized carbons (Fsp3) is 0.250. The highest BCUT2D eigenvalue weighted by molar-refractivity contribution is 7.92. The van der Waals surface area contributed by atoms with Gasteiger partial charge in [-0.15, -0.1) is 0 Å². The van der Waals surface area contributed by atoms with Crippen LogP contribution in [-0.4, -0.2) is 48.9 Å². The van der Waals surface area contributed by atoms with Gasteiger partial charge in [-0.05, 0) is 37.6 Å². The Balaban J connectivity index is 1.42. The molecule has 2 heterocycles. The smallest absolute Gasteiger partial charge is 0.236 e. The van der Waals surface area contributed by atoms with Crippen molar-refractivity contribution in [2.45, 2.75) is 13.8 Å². The Hall–Kier alpha value is -3.23. The summed E-state index contributed by atoms with van der Waals surface area (Å²) in [7, 11) is -3.47. The first-order chi connectivity index (χ1) is 15.4. The van der Waals surface area contributed by atoms with E-state index in [1.807, 2.05) is 79.4 Å². The van der Waals surface area contributed by atoms with Crippen LogP contribution in [0.4, 0.5) is 17.5 Å². The first-order valence-electron chi connectivity index (χ1n) is 10.6. The third-order valence-electron chi connectivity index (χ3n) is 5.28. The van der Waals surface area contributed by atoms with Crippen molar-refractivity contribution in [1.29, 1.82) is 0 Å². The predicted octanol–water partition coefficient (Wildman–Crippen LogP) is 3.96. The summed E-state index contributed by atoms with van der Waals surface area (Å²) >= 11 is 0. The molecule has 1 aliphatic heterocycles. The van der Waals surface area contributed by atoms with Crippen LogP contribution in [0.1, 0.15) is 16.8 Å². The van der Waals surface area contributed by atoms with Gasteiger partial charge in [0.25, 0.3) is 0 Å². The number of aromatic nitrogens is 2. The van der Waals surface area contributed by atoms with Crippen LogP contribution < -0.4 is 10.2 Å².